The van der Waals surface area contributed by atoms with Crippen LogP contribution in [0.3, 0.4) is 0 Å². The number of methoxy groups -OCH3 is 1. The van der Waals surface area contributed by atoms with Gasteiger partial charge in [-0.05, 0) is 61.0 Å². The second-order valence-electron chi connectivity index (χ2n) is 6.13. The monoisotopic (exact) mass is 325 g/mol. The van der Waals surface area contributed by atoms with Crippen molar-refractivity contribution in [1.29, 1.82) is 0 Å². The molecule has 22 heavy (non-hydrogen) atoms. The summed E-state index contributed by atoms with van der Waals surface area (Å²) in [4.78, 5) is 0. The average Bonchev–Trinajstić information content (AvgIpc) is 2.50. The van der Waals surface area contributed by atoms with Gasteiger partial charge < -0.3 is 15.0 Å². The maximum atomic E-state index is 8.06. The highest BCUT2D eigenvalue weighted by Gasteiger charge is 2.02. The molecule has 0 saturated carbocycles. The van der Waals surface area contributed by atoms with Gasteiger partial charge >= 0.3 is 0 Å². The van der Waals surface area contributed by atoms with E-state index < -0.39 is 0 Å². The first-order chi connectivity index (χ1) is 10.4. The molecule has 0 spiro atoms. The molecular formula is C18H31NO2S. The van der Waals surface area contributed by atoms with Gasteiger partial charge in [0.2, 0.25) is 0 Å². The summed E-state index contributed by atoms with van der Waals surface area (Å²) in [6.07, 6.45) is 7.64. The molecule has 1 rings (SSSR count). The number of nitrogens with two attached hydrogens (primary N) is 1. The van der Waals surface area contributed by atoms with E-state index in [4.69, 9.17) is 15.0 Å². The highest BCUT2D eigenvalue weighted by atomic mass is 32.2. The molecule has 0 aromatic heterocycles. The summed E-state index contributed by atoms with van der Waals surface area (Å²) in [7, 11) is 1.70. The van der Waals surface area contributed by atoms with Gasteiger partial charge in [0.05, 0.1) is 7.11 Å². The fourth-order valence-electron chi connectivity index (χ4n) is 1.63. The second-order valence-corrected chi connectivity index (χ2v) is 6.80. The minimum atomic E-state index is 0.292. The van der Waals surface area contributed by atoms with E-state index in [1.54, 1.807) is 7.11 Å². The summed E-state index contributed by atoms with van der Waals surface area (Å²) in [6.45, 7) is 7.33. The molecule has 0 atom stereocenters. The zero-order chi connectivity index (χ0) is 16.8. The Bertz CT molecular complexity index is 393. The summed E-state index contributed by atoms with van der Waals surface area (Å²) >= 11 is 0.846. The summed E-state index contributed by atoms with van der Waals surface area (Å²) in [5, 5.41) is 0. The zero-order valence-electron chi connectivity index (χ0n) is 14.3. The number of hydrogen-bond acceptors (Lipinski definition) is 4. The Kier molecular flexibility index (Phi) is 12.0. The fraction of sp³-hybridized carbons (Fsp3) is 0.556. The topological polar surface area (TPSA) is 55.5 Å². The molecule has 0 aliphatic rings. The highest BCUT2D eigenvalue weighted by Crippen LogP contribution is 2.16. The Balaban J connectivity index is 0.000000626. The third-order valence-corrected chi connectivity index (χ3v) is 3.29. The standard InChI is InChI=1S/C15H22O.C3H9NOS/c1-15(2,3)12-6-5-7-13-8-10-14(16-4)11-9-13;4-2-1-3-6-5/h6,8-12H,5,7H2,1-4H3;5H,1-4H2/b12-6+;. The van der Waals surface area contributed by atoms with Gasteiger partial charge in [-0.2, -0.15) is 0 Å². The number of aryl methyl sites for hydroxylation is 1. The van der Waals surface area contributed by atoms with E-state index in [0.717, 1.165) is 42.8 Å². The maximum Gasteiger partial charge on any atom is 0.118 e. The lowest BCUT2D eigenvalue weighted by molar-refractivity contribution is 0.414. The molecule has 0 fully saturated rings. The van der Waals surface area contributed by atoms with Crippen LogP contribution in [0, 0.1) is 5.41 Å². The van der Waals surface area contributed by atoms with Gasteiger partial charge in [0, 0.05) is 5.75 Å². The molecule has 0 bridgehead atoms. The van der Waals surface area contributed by atoms with E-state index >= 15 is 0 Å². The summed E-state index contributed by atoms with van der Waals surface area (Å²) in [5.74, 6) is 1.69. The van der Waals surface area contributed by atoms with Crippen LogP contribution in [0.2, 0.25) is 0 Å². The number of allylic oxidation sites excluding steroid dienone is 2. The minimum absolute atomic E-state index is 0.292. The van der Waals surface area contributed by atoms with Crippen molar-refractivity contribution in [2.75, 3.05) is 19.4 Å². The first-order valence-corrected chi connectivity index (χ1v) is 8.64. The molecule has 0 aliphatic heterocycles. The van der Waals surface area contributed by atoms with Crippen molar-refractivity contribution in [3.63, 3.8) is 0 Å². The molecule has 3 nitrogen and oxygen atoms in total. The van der Waals surface area contributed by atoms with Crippen LogP contribution in [-0.2, 0) is 6.42 Å². The third kappa shape index (κ3) is 12.7. The SMILES string of the molecule is COc1ccc(CC/C=C/C(C)(C)C)cc1.NCCCSO. The van der Waals surface area contributed by atoms with Crippen molar-refractivity contribution in [2.24, 2.45) is 11.1 Å². The molecule has 126 valence electrons. The summed E-state index contributed by atoms with van der Waals surface area (Å²) < 4.78 is 13.2. The molecular weight excluding hydrogens is 294 g/mol. The zero-order valence-corrected chi connectivity index (χ0v) is 15.2. The van der Waals surface area contributed by atoms with Gasteiger partial charge in [0.25, 0.3) is 0 Å². The van der Waals surface area contributed by atoms with Crippen molar-refractivity contribution < 1.29 is 9.29 Å². The van der Waals surface area contributed by atoms with Gasteiger partial charge in [-0.3, -0.25) is 0 Å². The largest absolute Gasteiger partial charge is 0.497 e. The molecule has 4 heteroatoms. The Hall–Kier alpha value is -0.970. The molecule has 0 amide bonds. The van der Waals surface area contributed by atoms with Crippen LogP contribution in [0.1, 0.15) is 39.2 Å². The molecule has 0 unspecified atom stereocenters. The predicted octanol–water partition coefficient (Wildman–Crippen LogP) is 4.77. The van der Waals surface area contributed by atoms with Crippen LogP contribution >= 0.6 is 12.0 Å². The number of benzene rings is 1. The van der Waals surface area contributed by atoms with Crippen molar-refractivity contribution >= 4 is 12.0 Å². The number of ether oxygens (including phenoxy) is 1. The summed E-state index contributed by atoms with van der Waals surface area (Å²) in [5.41, 5.74) is 6.74. The van der Waals surface area contributed by atoms with Crippen molar-refractivity contribution in [1.82, 2.24) is 0 Å². The van der Waals surface area contributed by atoms with E-state index in [1.165, 1.54) is 5.56 Å². The van der Waals surface area contributed by atoms with Crippen molar-refractivity contribution in [2.45, 2.75) is 40.0 Å². The quantitative estimate of drug-likeness (QED) is 0.431. The summed E-state index contributed by atoms with van der Waals surface area (Å²) in [6, 6.07) is 8.29. The van der Waals surface area contributed by atoms with Crippen LogP contribution in [0.25, 0.3) is 0 Å². The number of rotatable bonds is 7. The molecule has 0 radical (unpaired) electrons. The van der Waals surface area contributed by atoms with Crippen LogP contribution < -0.4 is 10.5 Å². The average molecular weight is 326 g/mol. The molecule has 3 N–H and O–H groups in total. The van der Waals surface area contributed by atoms with Gasteiger partial charge in [-0.1, -0.05) is 45.1 Å². The maximum absolute atomic E-state index is 8.06. The van der Waals surface area contributed by atoms with Gasteiger partial charge in [0.1, 0.15) is 5.75 Å². The van der Waals surface area contributed by atoms with E-state index in [1.807, 2.05) is 12.1 Å². The Morgan fingerprint density at radius 2 is 1.86 bits per heavy atom. The predicted molar refractivity (Wildman–Crippen MR) is 98.7 cm³/mol. The molecule has 0 saturated heterocycles. The van der Waals surface area contributed by atoms with Crippen LogP contribution in [0.4, 0.5) is 0 Å². The lowest BCUT2D eigenvalue weighted by Gasteiger charge is -2.10. The normalized spacial score (nSPS) is 11.2. The molecule has 1 aromatic carbocycles. The fourth-order valence-corrected chi connectivity index (χ4v) is 1.92. The Morgan fingerprint density at radius 1 is 1.23 bits per heavy atom. The van der Waals surface area contributed by atoms with Crippen LogP contribution in [-0.4, -0.2) is 24.0 Å². The van der Waals surface area contributed by atoms with Crippen molar-refractivity contribution in [3.8, 4) is 5.75 Å². The Morgan fingerprint density at radius 3 is 2.27 bits per heavy atom. The lowest BCUT2D eigenvalue weighted by atomic mass is 9.95. The lowest BCUT2D eigenvalue weighted by Crippen LogP contribution is -1.98. The Labute approximate surface area is 140 Å². The smallest absolute Gasteiger partial charge is 0.118 e. The minimum Gasteiger partial charge on any atom is -0.497 e. The first kappa shape index (κ1) is 21.0. The molecule has 0 aliphatic carbocycles. The molecule has 1 aromatic rings. The van der Waals surface area contributed by atoms with Gasteiger partial charge in [-0.25, -0.2) is 0 Å². The van der Waals surface area contributed by atoms with E-state index in [0.29, 0.717) is 12.0 Å². The van der Waals surface area contributed by atoms with Gasteiger partial charge in [0.15, 0.2) is 0 Å². The first-order valence-electron chi connectivity index (χ1n) is 7.70. The van der Waals surface area contributed by atoms with E-state index in [9.17, 15) is 0 Å². The van der Waals surface area contributed by atoms with E-state index in [2.05, 4.69) is 45.1 Å². The van der Waals surface area contributed by atoms with Crippen molar-refractivity contribution in [3.05, 3.63) is 42.0 Å². The van der Waals surface area contributed by atoms with E-state index in [-0.39, 0.29) is 0 Å². The highest BCUT2D eigenvalue weighted by molar-refractivity contribution is 7.93. The van der Waals surface area contributed by atoms with Crippen LogP contribution in [0.15, 0.2) is 36.4 Å². The third-order valence-electron chi connectivity index (χ3n) is 2.82. The number of hydrogen-bond donors (Lipinski definition) is 2. The van der Waals surface area contributed by atoms with Crippen LogP contribution in [0.5, 0.6) is 5.75 Å². The van der Waals surface area contributed by atoms with Gasteiger partial charge in [-0.15, -0.1) is 0 Å². The molecule has 0 heterocycles. The second kappa shape index (κ2) is 12.6.